The maximum atomic E-state index is 12.2. The van der Waals surface area contributed by atoms with Gasteiger partial charge in [-0.3, -0.25) is 4.79 Å². The van der Waals surface area contributed by atoms with Crippen LogP contribution in [0.3, 0.4) is 0 Å². The van der Waals surface area contributed by atoms with Crippen molar-refractivity contribution in [3.8, 4) is 11.8 Å². The molecule has 1 aromatic rings. The van der Waals surface area contributed by atoms with E-state index in [1.807, 2.05) is 0 Å². The number of benzene rings is 1. The highest BCUT2D eigenvalue weighted by atomic mass is 35.5. The molecule has 0 fully saturated rings. The Bertz CT molecular complexity index is 546. The zero-order chi connectivity index (χ0) is 15.8. The van der Waals surface area contributed by atoms with Gasteiger partial charge in [0.1, 0.15) is 0 Å². The molecule has 5 heteroatoms. The Morgan fingerprint density at radius 1 is 1.48 bits per heavy atom. The zero-order valence-corrected chi connectivity index (χ0v) is 13.0. The van der Waals surface area contributed by atoms with Crippen LogP contribution in [0.2, 0.25) is 5.02 Å². The van der Waals surface area contributed by atoms with Crippen molar-refractivity contribution in [2.24, 2.45) is 0 Å². The monoisotopic (exact) mass is 309 g/mol. The van der Waals surface area contributed by atoms with Gasteiger partial charge in [0.2, 0.25) is 0 Å². The minimum Gasteiger partial charge on any atom is -0.395 e. The van der Waals surface area contributed by atoms with Crippen LogP contribution >= 0.6 is 11.6 Å². The summed E-state index contributed by atoms with van der Waals surface area (Å²) in [5, 5.41) is 18.3. The fraction of sp³-hybridized carbons (Fsp3) is 0.438. The van der Waals surface area contributed by atoms with Gasteiger partial charge in [0.05, 0.1) is 17.7 Å². The Morgan fingerprint density at radius 2 is 2.19 bits per heavy atom. The lowest BCUT2D eigenvalue weighted by atomic mass is 10.1. The van der Waals surface area contributed by atoms with Gasteiger partial charge in [-0.15, -0.1) is 0 Å². The summed E-state index contributed by atoms with van der Waals surface area (Å²) in [6.07, 6.45) is 0.479. The van der Waals surface area contributed by atoms with E-state index >= 15 is 0 Å². The molecule has 1 aromatic carbocycles. The molecular formula is C16H20ClNO3. The van der Waals surface area contributed by atoms with E-state index in [0.29, 0.717) is 35.5 Å². The first-order valence-electron chi connectivity index (χ1n) is 6.78. The number of rotatable bonds is 5. The van der Waals surface area contributed by atoms with Crippen molar-refractivity contribution in [2.45, 2.75) is 25.9 Å². The first-order valence-corrected chi connectivity index (χ1v) is 7.16. The standard InChI is InChI=1S/C16H20ClNO3/c1-12(20)8-9-18(2)16(21)14-7-6-13(15(17)11-14)5-3-4-10-19/h6-7,11-12,19-20H,4,8-10H2,1-2H3. The molecule has 2 N–H and O–H groups in total. The molecule has 0 aromatic heterocycles. The molecular weight excluding hydrogens is 290 g/mol. The quantitative estimate of drug-likeness (QED) is 0.817. The van der Waals surface area contributed by atoms with Crippen LogP contribution in [0.25, 0.3) is 0 Å². The Morgan fingerprint density at radius 3 is 2.76 bits per heavy atom. The molecule has 1 rings (SSSR count). The summed E-state index contributed by atoms with van der Waals surface area (Å²) in [4.78, 5) is 13.7. The van der Waals surface area contributed by atoms with Crippen LogP contribution in [0.15, 0.2) is 18.2 Å². The lowest BCUT2D eigenvalue weighted by molar-refractivity contribution is 0.0769. The first kappa shape index (κ1) is 17.5. The third-order valence-corrected chi connectivity index (χ3v) is 3.22. The summed E-state index contributed by atoms with van der Waals surface area (Å²) < 4.78 is 0. The summed E-state index contributed by atoms with van der Waals surface area (Å²) >= 11 is 6.11. The molecule has 114 valence electrons. The smallest absolute Gasteiger partial charge is 0.253 e. The molecule has 1 atom stereocenters. The Balaban J connectivity index is 2.79. The van der Waals surface area contributed by atoms with E-state index in [1.165, 1.54) is 0 Å². The number of aliphatic hydroxyl groups excluding tert-OH is 2. The summed E-state index contributed by atoms with van der Waals surface area (Å²) in [6.45, 7) is 2.18. The molecule has 0 spiro atoms. The minimum absolute atomic E-state index is 0.00919. The van der Waals surface area contributed by atoms with Crippen LogP contribution in [0.4, 0.5) is 0 Å². The third kappa shape index (κ3) is 5.76. The minimum atomic E-state index is -0.437. The predicted octanol–water partition coefficient (Wildman–Crippen LogP) is 1.92. The number of nitrogens with zero attached hydrogens (tertiary/aromatic N) is 1. The van der Waals surface area contributed by atoms with E-state index in [0.717, 1.165) is 0 Å². The van der Waals surface area contributed by atoms with Crippen molar-refractivity contribution >= 4 is 17.5 Å². The molecule has 21 heavy (non-hydrogen) atoms. The van der Waals surface area contributed by atoms with Crippen LogP contribution < -0.4 is 0 Å². The molecule has 0 aliphatic heterocycles. The molecule has 0 aliphatic carbocycles. The molecule has 0 saturated heterocycles. The van der Waals surface area contributed by atoms with Gasteiger partial charge >= 0.3 is 0 Å². The summed E-state index contributed by atoms with van der Waals surface area (Å²) in [6, 6.07) is 4.96. The molecule has 1 amide bonds. The number of halogens is 1. The fourth-order valence-corrected chi connectivity index (χ4v) is 1.89. The predicted molar refractivity (Wildman–Crippen MR) is 83.3 cm³/mol. The number of carbonyl (C=O) groups excluding carboxylic acids is 1. The maximum absolute atomic E-state index is 12.2. The maximum Gasteiger partial charge on any atom is 0.253 e. The zero-order valence-electron chi connectivity index (χ0n) is 12.3. The summed E-state index contributed by atoms with van der Waals surface area (Å²) in [5.41, 5.74) is 1.12. The second-order valence-electron chi connectivity index (χ2n) is 4.83. The molecule has 0 aliphatic rings. The van der Waals surface area contributed by atoms with Gasteiger partial charge in [0.15, 0.2) is 0 Å². The summed E-state index contributed by atoms with van der Waals surface area (Å²) in [7, 11) is 1.69. The highest BCUT2D eigenvalue weighted by Crippen LogP contribution is 2.18. The molecule has 1 unspecified atom stereocenters. The molecule has 0 heterocycles. The van der Waals surface area contributed by atoms with E-state index in [-0.39, 0.29) is 12.5 Å². The van der Waals surface area contributed by atoms with Crippen LogP contribution in [-0.4, -0.2) is 47.3 Å². The van der Waals surface area contributed by atoms with E-state index < -0.39 is 6.10 Å². The Kier molecular flexibility index (Phi) is 7.24. The van der Waals surface area contributed by atoms with Gasteiger partial charge in [0, 0.05) is 31.1 Å². The SMILES string of the molecule is CC(O)CCN(C)C(=O)c1ccc(C#CCCO)c(Cl)c1. The lowest BCUT2D eigenvalue weighted by Gasteiger charge is -2.18. The van der Waals surface area contributed by atoms with Gasteiger partial charge in [-0.05, 0) is 31.5 Å². The van der Waals surface area contributed by atoms with Crippen molar-refractivity contribution < 1.29 is 15.0 Å². The molecule has 0 bridgehead atoms. The fourth-order valence-electron chi connectivity index (χ4n) is 1.67. The van der Waals surface area contributed by atoms with Gasteiger partial charge in [-0.2, -0.15) is 0 Å². The van der Waals surface area contributed by atoms with E-state index in [4.69, 9.17) is 16.7 Å². The van der Waals surface area contributed by atoms with Crippen LogP contribution in [0, 0.1) is 11.8 Å². The number of amides is 1. The normalized spacial score (nSPS) is 11.5. The molecule has 4 nitrogen and oxygen atoms in total. The highest BCUT2D eigenvalue weighted by Gasteiger charge is 2.13. The second-order valence-corrected chi connectivity index (χ2v) is 5.24. The second kappa shape index (κ2) is 8.68. The van der Waals surface area contributed by atoms with Crippen LogP contribution in [-0.2, 0) is 0 Å². The van der Waals surface area contributed by atoms with E-state index in [1.54, 1.807) is 37.1 Å². The molecule has 0 radical (unpaired) electrons. The van der Waals surface area contributed by atoms with Gasteiger partial charge < -0.3 is 15.1 Å². The average molecular weight is 310 g/mol. The lowest BCUT2D eigenvalue weighted by Crippen LogP contribution is -2.29. The summed E-state index contributed by atoms with van der Waals surface area (Å²) in [5.74, 6) is 5.49. The van der Waals surface area contributed by atoms with Crippen molar-refractivity contribution in [3.63, 3.8) is 0 Å². The van der Waals surface area contributed by atoms with Gasteiger partial charge in [0.25, 0.3) is 5.91 Å². The Hall–Kier alpha value is -1.54. The highest BCUT2D eigenvalue weighted by molar-refractivity contribution is 6.32. The van der Waals surface area contributed by atoms with Crippen molar-refractivity contribution in [1.29, 1.82) is 0 Å². The first-order chi connectivity index (χ1) is 9.95. The average Bonchev–Trinajstić information content (AvgIpc) is 2.45. The number of carbonyl (C=O) groups is 1. The van der Waals surface area contributed by atoms with E-state index in [2.05, 4.69) is 11.8 Å². The van der Waals surface area contributed by atoms with Gasteiger partial charge in [-0.25, -0.2) is 0 Å². The van der Waals surface area contributed by atoms with Crippen LogP contribution in [0.1, 0.15) is 35.7 Å². The third-order valence-electron chi connectivity index (χ3n) is 2.90. The number of aliphatic hydroxyl groups is 2. The number of hydrogen-bond donors (Lipinski definition) is 2. The van der Waals surface area contributed by atoms with Crippen molar-refractivity contribution in [2.75, 3.05) is 20.2 Å². The van der Waals surface area contributed by atoms with Gasteiger partial charge in [-0.1, -0.05) is 23.4 Å². The van der Waals surface area contributed by atoms with Crippen molar-refractivity contribution in [1.82, 2.24) is 4.90 Å². The van der Waals surface area contributed by atoms with Crippen LogP contribution in [0.5, 0.6) is 0 Å². The Labute approximate surface area is 130 Å². The molecule has 0 saturated carbocycles. The topological polar surface area (TPSA) is 60.8 Å². The largest absolute Gasteiger partial charge is 0.395 e. The van der Waals surface area contributed by atoms with E-state index in [9.17, 15) is 9.90 Å². The van der Waals surface area contributed by atoms with Crippen molar-refractivity contribution in [3.05, 3.63) is 34.3 Å². The number of hydrogen-bond acceptors (Lipinski definition) is 3.